The van der Waals surface area contributed by atoms with Crippen LogP contribution in [0.5, 0.6) is 5.75 Å². The zero-order valence-corrected chi connectivity index (χ0v) is 11.6. The second-order valence-corrected chi connectivity index (χ2v) is 4.67. The number of carbonyl (C=O) groups excluding carboxylic acids is 2. The third-order valence-corrected chi connectivity index (χ3v) is 3.03. The molecule has 0 unspecified atom stereocenters. The topological polar surface area (TPSA) is 69.4 Å². The monoisotopic (exact) mass is 287 g/mol. The van der Waals surface area contributed by atoms with E-state index in [4.69, 9.17) is 10.5 Å². The zero-order chi connectivity index (χ0) is 15.6. The Morgan fingerprint density at radius 2 is 1.67 bits per heavy atom. The van der Waals surface area contributed by atoms with Crippen LogP contribution in [0.4, 0.5) is 4.39 Å². The third kappa shape index (κ3) is 3.08. The smallest absolute Gasteiger partial charge is 0.346 e. The van der Waals surface area contributed by atoms with Gasteiger partial charge in [0.05, 0.1) is 5.56 Å². The minimum atomic E-state index is -0.786. The summed E-state index contributed by atoms with van der Waals surface area (Å²) in [5.41, 5.74) is 6.56. The van der Waals surface area contributed by atoms with Crippen molar-refractivity contribution >= 4 is 11.9 Å². The van der Waals surface area contributed by atoms with Crippen LogP contribution < -0.4 is 10.5 Å². The van der Waals surface area contributed by atoms with Crippen molar-refractivity contribution in [1.82, 2.24) is 0 Å². The second kappa shape index (κ2) is 5.75. The molecule has 1 amide bonds. The van der Waals surface area contributed by atoms with Crippen molar-refractivity contribution in [3.63, 3.8) is 0 Å². The highest BCUT2D eigenvalue weighted by molar-refractivity contribution is 5.94. The summed E-state index contributed by atoms with van der Waals surface area (Å²) in [6.07, 6.45) is 0. The molecule has 0 radical (unpaired) electrons. The molecule has 0 aliphatic rings. The first-order valence-corrected chi connectivity index (χ1v) is 6.28. The van der Waals surface area contributed by atoms with Crippen molar-refractivity contribution in [2.75, 3.05) is 0 Å². The van der Waals surface area contributed by atoms with Gasteiger partial charge in [-0.2, -0.15) is 0 Å². The average molecular weight is 287 g/mol. The third-order valence-electron chi connectivity index (χ3n) is 3.03. The molecule has 5 heteroatoms. The van der Waals surface area contributed by atoms with E-state index in [-0.39, 0.29) is 5.56 Å². The van der Waals surface area contributed by atoms with E-state index in [9.17, 15) is 14.0 Å². The fourth-order valence-corrected chi connectivity index (χ4v) is 2.03. The molecule has 2 aromatic carbocycles. The molecular weight excluding hydrogens is 273 g/mol. The van der Waals surface area contributed by atoms with Gasteiger partial charge in [-0.25, -0.2) is 9.18 Å². The predicted molar refractivity (Wildman–Crippen MR) is 75.8 cm³/mol. The normalized spacial score (nSPS) is 10.2. The Balaban J connectivity index is 2.34. The van der Waals surface area contributed by atoms with Crippen molar-refractivity contribution in [3.05, 3.63) is 64.5 Å². The summed E-state index contributed by atoms with van der Waals surface area (Å²) in [4.78, 5) is 23.2. The molecule has 2 rings (SSSR count). The number of esters is 1. The van der Waals surface area contributed by atoms with Crippen molar-refractivity contribution in [1.29, 1.82) is 0 Å². The summed E-state index contributed by atoms with van der Waals surface area (Å²) in [7, 11) is 0. The van der Waals surface area contributed by atoms with E-state index in [1.54, 1.807) is 19.9 Å². The number of benzene rings is 2. The molecule has 0 spiro atoms. The molecule has 0 aliphatic heterocycles. The Hall–Kier alpha value is -2.69. The number of primary amides is 1. The highest BCUT2D eigenvalue weighted by atomic mass is 19.1. The standard InChI is InChI=1S/C16H14FNO3/c1-9-7-11(15(18)19)8-10(2)14(9)21-16(20)12-5-3-4-6-13(12)17/h3-8H,1-2H3,(H2,18,19). The maximum atomic E-state index is 13.6. The number of halogens is 1. The Bertz CT molecular complexity index is 702. The van der Waals surface area contributed by atoms with Gasteiger partial charge in [-0.3, -0.25) is 4.79 Å². The van der Waals surface area contributed by atoms with Crippen LogP contribution in [0.2, 0.25) is 0 Å². The zero-order valence-electron chi connectivity index (χ0n) is 11.6. The number of nitrogens with two attached hydrogens (primary N) is 1. The van der Waals surface area contributed by atoms with Gasteiger partial charge in [-0.1, -0.05) is 12.1 Å². The van der Waals surface area contributed by atoms with Crippen molar-refractivity contribution < 1.29 is 18.7 Å². The molecule has 0 bridgehead atoms. The van der Waals surface area contributed by atoms with Crippen LogP contribution in [0.15, 0.2) is 36.4 Å². The lowest BCUT2D eigenvalue weighted by Gasteiger charge is -2.12. The Morgan fingerprint density at radius 1 is 1.10 bits per heavy atom. The highest BCUT2D eigenvalue weighted by Gasteiger charge is 2.17. The van der Waals surface area contributed by atoms with Crippen molar-refractivity contribution in [3.8, 4) is 5.75 Å². The Kier molecular flexibility index (Phi) is 4.03. The van der Waals surface area contributed by atoms with E-state index < -0.39 is 17.7 Å². The van der Waals surface area contributed by atoms with Crippen LogP contribution in [0.25, 0.3) is 0 Å². The fourth-order valence-electron chi connectivity index (χ4n) is 2.03. The number of hydrogen-bond acceptors (Lipinski definition) is 3. The van der Waals surface area contributed by atoms with E-state index in [1.165, 1.54) is 30.3 Å². The lowest BCUT2D eigenvalue weighted by molar-refractivity contribution is 0.0727. The minimum Gasteiger partial charge on any atom is -0.422 e. The van der Waals surface area contributed by atoms with Gasteiger partial charge < -0.3 is 10.5 Å². The van der Waals surface area contributed by atoms with Crippen LogP contribution in [0.3, 0.4) is 0 Å². The average Bonchev–Trinajstić information content (AvgIpc) is 2.42. The molecule has 0 heterocycles. The van der Waals surface area contributed by atoms with Gasteiger partial charge in [-0.15, -0.1) is 0 Å². The number of amides is 1. The lowest BCUT2D eigenvalue weighted by atomic mass is 10.1. The van der Waals surface area contributed by atoms with Gasteiger partial charge in [0.15, 0.2) is 0 Å². The maximum absolute atomic E-state index is 13.6. The van der Waals surface area contributed by atoms with Gasteiger partial charge >= 0.3 is 5.97 Å². The first-order chi connectivity index (χ1) is 9.90. The summed E-state index contributed by atoms with van der Waals surface area (Å²) < 4.78 is 18.8. The van der Waals surface area contributed by atoms with Gasteiger partial charge in [0.1, 0.15) is 11.6 Å². The summed E-state index contributed by atoms with van der Waals surface area (Å²) in [6.45, 7) is 3.37. The highest BCUT2D eigenvalue weighted by Crippen LogP contribution is 2.26. The molecule has 0 aliphatic carbocycles. The summed E-state index contributed by atoms with van der Waals surface area (Å²) in [5, 5.41) is 0. The van der Waals surface area contributed by atoms with E-state index in [1.807, 2.05) is 0 Å². The number of carbonyl (C=O) groups is 2. The number of aryl methyl sites for hydroxylation is 2. The summed E-state index contributed by atoms with van der Waals surface area (Å²) >= 11 is 0. The van der Waals surface area contributed by atoms with E-state index in [0.717, 1.165) is 0 Å². The molecule has 0 saturated heterocycles. The number of hydrogen-bond donors (Lipinski definition) is 1. The molecule has 4 nitrogen and oxygen atoms in total. The first-order valence-electron chi connectivity index (χ1n) is 6.28. The minimum absolute atomic E-state index is 0.143. The molecular formula is C16H14FNO3. The molecule has 0 saturated carbocycles. The number of rotatable bonds is 3. The van der Waals surface area contributed by atoms with Gasteiger partial charge in [0.25, 0.3) is 0 Å². The molecule has 21 heavy (non-hydrogen) atoms. The summed E-state index contributed by atoms with van der Waals surface area (Å²) in [5.74, 6) is -1.70. The van der Waals surface area contributed by atoms with Gasteiger partial charge in [0.2, 0.25) is 5.91 Å². The molecule has 0 atom stereocenters. The van der Waals surface area contributed by atoms with E-state index in [2.05, 4.69) is 0 Å². The molecule has 0 fully saturated rings. The van der Waals surface area contributed by atoms with Crippen LogP contribution >= 0.6 is 0 Å². The number of ether oxygens (including phenoxy) is 1. The Morgan fingerprint density at radius 3 is 2.19 bits per heavy atom. The molecule has 108 valence electrons. The van der Waals surface area contributed by atoms with Crippen LogP contribution in [0.1, 0.15) is 31.8 Å². The quantitative estimate of drug-likeness (QED) is 0.697. The van der Waals surface area contributed by atoms with Crippen LogP contribution in [-0.4, -0.2) is 11.9 Å². The SMILES string of the molecule is Cc1cc(C(N)=O)cc(C)c1OC(=O)c1ccccc1F. The van der Waals surface area contributed by atoms with E-state index in [0.29, 0.717) is 22.4 Å². The molecule has 0 aromatic heterocycles. The fraction of sp³-hybridized carbons (Fsp3) is 0.125. The van der Waals surface area contributed by atoms with Crippen molar-refractivity contribution in [2.24, 2.45) is 5.73 Å². The van der Waals surface area contributed by atoms with Crippen molar-refractivity contribution in [2.45, 2.75) is 13.8 Å². The second-order valence-electron chi connectivity index (χ2n) is 4.67. The van der Waals surface area contributed by atoms with Crippen LogP contribution in [-0.2, 0) is 0 Å². The van der Waals surface area contributed by atoms with E-state index >= 15 is 0 Å². The summed E-state index contributed by atoms with van der Waals surface area (Å²) in [6, 6.07) is 8.63. The first kappa shape index (κ1) is 14.7. The predicted octanol–water partition coefficient (Wildman–Crippen LogP) is 2.76. The largest absolute Gasteiger partial charge is 0.422 e. The lowest BCUT2D eigenvalue weighted by Crippen LogP contribution is -2.14. The molecule has 2 aromatic rings. The van der Waals surface area contributed by atoms with Crippen LogP contribution in [0, 0.1) is 19.7 Å². The maximum Gasteiger partial charge on any atom is 0.346 e. The van der Waals surface area contributed by atoms with Gasteiger partial charge in [0, 0.05) is 5.56 Å². The Labute approximate surface area is 121 Å². The molecule has 2 N–H and O–H groups in total. The van der Waals surface area contributed by atoms with Gasteiger partial charge in [-0.05, 0) is 49.2 Å².